The second kappa shape index (κ2) is 9.65. The minimum absolute atomic E-state index is 0.332. The molecule has 3 rings (SSSR count). The van der Waals surface area contributed by atoms with Crippen LogP contribution in [0.15, 0.2) is 36.4 Å². The van der Waals surface area contributed by atoms with E-state index in [1.807, 2.05) is 30.3 Å². The number of aromatic hydroxyl groups is 1. The van der Waals surface area contributed by atoms with Gasteiger partial charge >= 0.3 is 0 Å². The molecule has 0 unspecified atom stereocenters. The number of hydrogen-bond donors (Lipinski definition) is 2. The summed E-state index contributed by atoms with van der Waals surface area (Å²) in [6.07, 6.45) is 9.10. The normalized spacial score (nSPS) is 15.8. The fourth-order valence-electron chi connectivity index (χ4n) is 3.85. The number of rotatable bonds is 6. The van der Waals surface area contributed by atoms with Crippen LogP contribution in [-0.2, 0) is 6.54 Å². The molecule has 0 spiro atoms. The van der Waals surface area contributed by atoms with Crippen molar-refractivity contribution in [1.82, 2.24) is 5.32 Å². The fraction of sp³-hybridized carbons (Fsp3) is 0.478. The summed E-state index contributed by atoms with van der Waals surface area (Å²) in [5.41, 5.74) is 2.89. The zero-order chi connectivity index (χ0) is 19.1. The summed E-state index contributed by atoms with van der Waals surface area (Å²) in [5.74, 6) is 1.91. The summed E-state index contributed by atoms with van der Waals surface area (Å²) in [6.45, 7) is 0.677. The Morgan fingerprint density at radius 1 is 0.926 bits per heavy atom. The Kier molecular flexibility index (Phi) is 6.99. The summed E-state index contributed by atoms with van der Waals surface area (Å²) >= 11 is 0. The lowest BCUT2D eigenvalue weighted by Gasteiger charge is -2.21. The number of benzene rings is 2. The second-order valence-corrected chi connectivity index (χ2v) is 7.33. The molecule has 0 amide bonds. The van der Waals surface area contributed by atoms with Gasteiger partial charge in [-0.15, -0.1) is 0 Å². The number of hydrogen-bond acceptors (Lipinski definition) is 4. The van der Waals surface area contributed by atoms with Gasteiger partial charge in [0.05, 0.1) is 14.2 Å². The van der Waals surface area contributed by atoms with E-state index in [2.05, 4.69) is 5.32 Å². The molecule has 146 valence electrons. The zero-order valence-electron chi connectivity index (χ0n) is 16.5. The molecular weight excluding hydrogens is 338 g/mol. The maximum Gasteiger partial charge on any atom is 0.126 e. The molecule has 27 heavy (non-hydrogen) atoms. The fourth-order valence-corrected chi connectivity index (χ4v) is 3.85. The van der Waals surface area contributed by atoms with Gasteiger partial charge in [0.1, 0.15) is 17.2 Å². The predicted octanol–water partition coefficient (Wildman–Crippen LogP) is 5.28. The number of methoxy groups -OCH3 is 2. The minimum Gasteiger partial charge on any atom is -0.508 e. The van der Waals surface area contributed by atoms with E-state index in [1.165, 1.54) is 44.9 Å². The largest absolute Gasteiger partial charge is 0.508 e. The van der Waals surface area contributed by atoms with Crippen molar-refractivity contribution in [1.29, 1.82) is 0 Å². The van der Waals surface area contributed by atoms with Crippen LogP contribution in [0.5, 0.6) is 17.2 Å². The molecule has 4 nitrogen and oxygen atoms in total. The summed E-state index contributed by atoms with van der Waals surface area (Å²) in [5, 5.41) is 14.0. The summed E-state index contributed by atoms with van der Waals surface area (Å²) in [6, 6.07) is 12.0. The van der Waals surface area contributed by atoms with Crippen molar-refractivity contribution in [3.05, 3.63) is 42.0 Å². The molecule has 0 radical (unpaired) electrons. The highest BCUT2D eigenvalue weighted by Gasteiger charge is 2.14. The van der Waals surface area contributed by atoms with Crippen molar-refractivity contribution >= 4 is 0 Å². The van der Waals surface area contributed by atoms with Crippen molar-refractivity contribution in [2.45, 2.75) is 57.5 Å². The highest BCUT2D eigenvalue weighted by Crippen LogP contribution is 2.35. The average molecular weight is 370 g/mol. The van der Waals surface area contributed by atoms with E-state index in [1.54, 1.807) is 20.3 Å². The highest BCUT2D eigenvalue weighted by molar-refractivity contribution is 5.73. The lowest BCUT2D eigenvalue weighted by molar-refractivity contribution is 0.384. The van der Waals surface area contributed by atoms with Crippen LogP contribution in [0.4, 0.5) is 0 Å². The average Bonchev–Trinajstić information content (AvgIpc) is 2.67. The van der Waals surface area contributed by atoms with E-state index in [0.717, 1.165) is 28.2 Å². The van der Waals surface area contributed by atoms with Gasteiger partial charge in [0, 0.05) is 23.7 Å². The molecule has 0 aliphatic heterocycles. The first-order valence-corrected chi connectivity index (χ1v) is 9.99. The predicted molar refractivity (Wildman–Crippen MR) is 110 cm³/mol. The molecule has 0 atom stereocenters. The minimum atomic E-state index is 0.332. The van der Waals surface area contributed by atoms with Crippen LogP contribution >= 0.6 is 0 Å². The van der Waals surface area contributed by atoms with Gasteiger partial charge in [-0.1, -0.05) is 38.2 Å². The van der Waals surface area contributed by atoms with E-state index in [4.69, 9.17) is 9.47 Å². The van der Waals surface area contributed by atoms with Gasteiger partial charge in [0.2, 0.25) is 0 Å². The van der Waals surface area contributed by atoms with Crippen molar-refractivity contribution in [3.8, 4) is 28.4 Å². The zero-order valence-corrected chi connectivity index (χ0v) is 16.5. The lowest BCUT2D eigenvalue weighted by Crippen LogP contribution is -2.29. The van der Waals surface area contributed by atoms with Crippen LogP contribution < -0.4 is 14.8 Å². The molecule has 2 aromatic rings. The third-order valence-corrected chi connectivity index (χ3v) is 5.48. The third kappa shape index (κ3) is 5.16. The Morgan fingerprint density at radius 2 is 1.67 bits per heavy atom. The molecule has 1 saturated carbocycles. The molecule has 1 aliphatic carbocycles. The Balaban J connectivity index is 1.78. The van der Waals surface area contributed by atoms with Crippen LogP contribution in [-0.4, -0.2) is 25.4 Å². The van der Waals surface area contributed by atoms with Gasteiger partial charge < -0.3 is 19.9 Å². The molecule has 1 fully saturated rings. The number of ether oxygens (including phenoxy) is 2. The first-order chi connectivity index (χ1) is 13.2. The number of phenols is 1. The lowest BCUT2D eigenvalue weighted by atomic mass is 9.96. The van der Waals surface area contributed by atoms with Crippen LogP contribution in [0, 0.1) is 0 Å². The first-order valence-electron chi connectivity index (χ1n) is 9.99. The topological polar surface area (TPSA) is 50.7 Å². The number of phenolic OH excluding ortho intramolecular Hbond substituents is 1. The van der Waals surface area contributed by atoms with Gasteiger partial charge in [-0.2, -0.15) is 0 Å². The molecule has 2 aromatic carbocycles. The summed E-state index contributed by atoms with van der Waals surface area (Å²) in [4.78, 5) is 0. The van der Waals surface area contributed by atoms with Crippen LogP contribution in [0.25, 0.3) is 11.1 Å². The Morgan fingerprint density at radius 3 is 2.37 bits per heavy atom. The third-order valence-electron chi connectivity index (χ3n) is 5.48. The smallest absolute Gasteiger partial charge is 0.126 e. The molecule has 4 heteroatoms. The van der Waals surface area contributed by atoms with Crippen molar-refractivity contribution in [2.75, 3.05) is 14.2 Å². The van der Waals surface area contributed by atoms with Gasteiger partial charge in [0.15, 0.2) is 0 Å². The Labute approximate surface area is 162 Å². The quantitative estimate of drug-likeness (QED) is 0.727. The van der Waals surface area contributed by atoms with Crippen molar-refractivity contribution in [2.24, 2.45) is 0 Å². The molecule has 0 aromatic heterocycles. The highest BCUT2D eigenvalue weighted by atomic mass is 16.5. The number of nitrogens with one attached hydrogen (secondary N) is 1. The second-order valence-electron chi connectivity index (χ2n) is 7.33. The standard InChI is InChI=1S/C23H31NO3/c1-26-20-11-13-23(27-2)21(15-20)17-10-12-22(25)18(14-17)16-24-19-8-6-4-3-5-7-9-19/h10-15,19,24-25H,3-9,16H2,1-2H3. The summed E-state index contributed by atoms with van der Waals surface area (Å²) < 4.78 is 10.9. The SMILES string of the molecule is COc1ccc(OC)c(-c2ccc(O)c(CNC3CCCCCCC3)c2)c1. The van der Waals surface area contributed by atoms with E-state index in [0.29, 0.717) is 18.3 Å². The molecule has 2 N–H and O–H groups in total. The van der Waals surface area contributed by atoms with Crippen LogP contribution in [0.2, 0.25) is 0 Å². The van der Waals surface area contributed by atoms with E-state index in [-0.39, 0.29) is 0 Å². The molecule has 0 saturated heterocycles. The molecule has 1 aliphatic rings. The molecule has 0 bridgehead atoms. The van der Waals surface area contributed by atoms with Gasteiger partial charge in [-0.05, 0) is 48.7 Å². The monoisotopic (exact) mass is 369 g/mol. The van der Waals surface area contributed by atoms with Gasteiger partial charge in [-0.3, -0.25) is 0 Å². The van der Waals surface area contributed by atoms with E-state index in [9.17, 15) is 5.11 Å². The maximum absolute atomic E-state index is 10.3. The van der Waals surface area contributed by atoms with Crippen molar-refractivity contribution < 1.29 is 14.6 Å². The van der Waals surface area contributed by atoms with Crippen molar-refractivity contribution in [3.63, 3.8) is 0 Å². The Hall–Kier alpha value is -2.20. The molecule has 0 heterocycles. The van der Waals surface area contributed by atoms with Gasteiger partial charge in [0.25, 0.3) is 0 Å². The van der Waals surface area contributed by atoms with Crippen LogP contribution in [0.3, 0.4) is 0 Å². The first kappa shape index (κ1) is 19.6. The maximum atomic E-state index is 10.3. The summed E-state index contributed by atoms with van der Waals surface area (Å²) in [7, 11) is 3.33. The van der Waals surface area contributed by atoms with E-state index >= 15 is 0 Å². The van der Waals surface area contributed by atoms with Gasteiger partial charge in [-0.25, -0.2) is 0 Å². The molecular formula is C23H31NO3. The Bertz CT molecular complexity index is 736. The van der Waals surface area contributed by atoms with E-state index < -0.39 is 0 Å². The van der Waals surface area contributed by atoms with Crippen LogP contribution in [0.1, 0.15) is 50.5 Å².